The van der Waals surface area contributed by atoms with Crippen molar-refractivity contribution < 1.29 is 13.9 Å². The normalized spacial score (nSPS) is 19.1. The number of benzene rings is 3. The molecule has 0 spiro atoms. The van der Waals surface area contributed by atoms with Gasteiger partial charge in [-0.1, -0.05) is 60.7 Å². The average molecular weight is 500 g/mol. The molecule has 0 bridgehead atoms. The molecule has 1 atom stereocenters. The monoisotopic (exact) mass is 498 g/mol. The summed E-state index contributed by atoms with van der Waals surface area (Å²) in [5, 5.41) is 4.95. The topological polar surface area (TPSA) is 33.8 Å². The average Bonchev–Trinajstić information content (AvgIpc) is 2.91. The highest BCUT2D eigenvalue weighted by molar-refractivity contribution is 9.10. The van der Waals surface area contributed by atoms with Crippen molar-refractivity contribution in [3.63, 3.8) is 0 Å². The van der Waals surface area contributed by atoms with Crippen LogP contribution in [0.5, 0.6) is 11.5 Å². The summed E-state index contributed by atoms with van der Waals surface area (Å²) in [4.78, 5) is 0. The molecule has 0 radical (unpaired) electrons. The summed E-state index contributed by atoms with van der Waals surface area (Å²) in [6, 6.07) is 16.2. The molecule has 0 aromatic heterocycles. The van der Waals surface area contributed by atoms with Gasteiger partial charge in [0.2, 0.25) is 5.69 Å². The van der Waals surface area contributed by atoms with E-state index in [-0.39, 0.29) is 0 Å². The lowest BCUT2D eigenvalue weighted by atomic mass is 9.59. The van der Waals surface area contributed by atoms with Gasteiger partial charge in [-0.05, 0) is 61.7 Å². The van der Waals surface area contributed by atoms with Gasteiger partial charge in [-0.25, -0.2) is 4.61 Å². The van der Waals surface area contributed by atoms with E-state index in [1.807, 2.05) is 41.0 Å². The van der Waals surface area contributed by atoms with Crippen LogP contribution in [-0.4, -0.2) is 11.3 Å². The van der Waals surface area contributed by atoms with E-state index in [9.17, 15) is 0 Å². The molecule has 0 N–H and O–H groups in total. The molecule has 4 nitrogen and oxygen atoms in total. The first kappa shape index (κ1) is 17.9. The predicted octanol–water partition coefficient (Wildman–Crippen LogP) is 6.20. The Bertz CT molecular complexity index is 1160. The zero-order valence-corrected chi connectivity index (χ0v) is 18.8. The van der Waals surface area contributed by atoms with Crippen molar-refractivity contribution in [1.29, 1.82) is 0 Å². The van der Waals surface area contributed by atoms with Crippen LogP contribution in [0.25, 0.3) is 0 Å². The Labute approximate surface area is 180 Å². The van der Waals surface area contributed by atoms with Gasteiger partial charge in [0, 0.05) is 15.0 Å². The Morgan fingerprint density at radius 2 is 1.43 bits per heavy atom. The van der Waals surface area contributed by atoms with Crippen molar-refractivity contribution in [2.45, 2.75) is 20.8 Å². The van der Waals surface area contributed by atoms with Crippen LogP contribution >= 0.6 is 31.9 Å². The maximum Gasteiger partial charge on any atom is 0.709 e. The van der Waals surface area contributed by atoms with Gasteiger partial charge >= 0.3 is 6.69 Å². The molecule has 7 heteroatoms. The molecule has 2 aliphatic rings. The Hall–Kier alpha value is -2.12. The van der Waals surface area contributed by atoms with Gasteiger partial charge in [0.25, 0.3) is 0 Å². The van der Waals surface area contributed by atoms with E-state index in [2.05, 4.69) is 64.8 Å². The highest BCUT2D eigenvalue weighted by Gasteiger charge is 2.61. The molecule has 2 heterocycles. The zero-order valence-electron chi connectivity index (χ0n) is 15.7. The van der Waals surface area contributed by atoms with E-state index in [0.29, 0.717) is 5.75 Å². The highest BCUT2D eigenvalue weighted by atomic mass is 79.9. The first-order valence-corrected chi connectivity index (χ1v) is 10.7. The Balaban J connectivity index is 1.83. The molecule has 0 fully saturated rings. The first-order valence-electron chi connectivity index (χ1n) is 9.08. The van der Waals surface area contributed by atoms with Gasteiger partial charge in [0.05, 0.1) is 0 Å². The molecule has 0 amide bonds. The Morgan fingerprint density at radius 3 is 2.14 bits per heavy atom. The number of hydrogen-bond donors (Lipinski definition) is 0. The van der Waals surface area contributed by atoms with E-state index in [1.54, 1.807) is 0 Å². The third-order valence-electron chi connectivity index (χ3n) is 5.30. The van der Waals surface area contributed by atoms with Crippen molar-refractivity contribution in [2.75, 3.05) is 0 Å². The molecule has 5 rings (SSSR count). The lowest BCUT2D eigenvalue weighted by Gasteiger charge is -2.35. The fourth-order valence-electron chi connectivity index (χ4n) is 4.34. The second-order valence-corrected chi connectivity index (χ2v) is 9.22. The minimum absolute atomic E-state index is 0.705. The van der Waals surface area contributed by atoms with Crippen molar-refractivity contribution in [3.8, 4) is 11.5 Å². The lowest BCUT2D eigenvalue weighted by molar-refractivity contribution is -0.394. The quantitative estimate of drug-likeness (QED) is 0.374. The van der Waals surface area contributed by atoms with E-state index in [1.165, 1.54) is 5.56 Å². The summed E-state index contributed by atoms with van der Waals surface area (Å²) >= 11 is 7.08. The fraction of sp³-hybridized carbons (Fsp3) is 0.143. The lowest BCUT2D eigenvalue weighted by Crippen LogP contribution is -2.66. The Kier molecular flexibility index (Phi) is 3.97. The van der Waals surface area contributed by atoms with Gasteiger partial charge in [-0.3, -0.25) is 0 Å². The smallest absolute Gasteiger partial charge is 0.616 e. The second kappa shape index (κ2) is 6.19. The van der Waals surface area contributed by atoms with Gasteiger partial charge in [0.15, 0.2) is 5.69 Å². The van der Waals surface area contributed by atoms with Crippen LogP contribution in [0, 0.1) is 20.8 Å². The zero-order chi connectivity index (χ0) is 19.6. The minimum atomic E-state index is -2.05. The van der Waals surface area contributed by atoms with E-state index in [4.69, 9.17) is 14.4 Å². The van der Waals surface area contributed by atoms with Crippen molar-refractivity contribution in [1.82, 2.24) is 0 Å². The molecule has 0 saturated carbocycles. The van der Waals surface area contributed by atoms with Crippen molar-refractivity contribution in [2.24, 2.45) is 5.11 Å². The fourth-order valence-corrected chi connectivity index (χ4v) is 5.02. The third kappa shape index (κ3) is 2.56. The Morgan fingerprint density at radius 1 is 0.821 bits per heavy atom. The van der Waals surface area contributed by atoms with Crippen LogP contribution in [0.4, 0.5) is 11.4 Å². The summed E-state index contributed by atoms with van der Waals surface area (Å²) in [5.74, 6) is 1.46. The molecule has 2 aliphatic heterocycles. The standard InChI is InChI=1S/C21H17BBr2N2O2/c1-12-8-13(2)21(14(3)9-12)22-26(18-7-5-16(24)11-20(18)28-22)25-17-6-4-15(23)10-19(17)27-22/h4-11H,1-3H3. The van der Waals surface area contributed by atoms with E-state index < -0.39 is 6.69 Å². The summed E-state index contributed by atoms with van der Waals surface area (Å²) in [6.45, 7) is 4.26. The van der Waals surface area contributed by atoms with Crippen LogP contribution in [0.1, 0.15) is 16.7 Å². The SMILES string of the molecule is Cc1cc(C)c([B-]23Oc4cc(Br)ccc4N=[N+]2c2ccc(Br)cc2O3)c(C)c1. The molecule has 3 aromatic rings. The van der Waals surface area contributed by atoms with Crippen molar-refractivity contribution in [3.05, 3.63) is 74.2 Å². The summed E-state index contributed by atoms with van der Waals surface area (Å²) < 4.78 is 17.1. The molecule has 1 unspecified atom stereocenters. The van der Waals surface area contributed by atoms with Crippen molar-refractivity contribution >= 4 is 55.4 Å². The van der Waals surface area contributed by atoms with Crippen LogP contribution < -0.4 is 14.8 Å². The molecule has 3 aromatic carbocycles. The molecular weight excluding hydrogens is 483 g/mol. The minimum Gasteiger partial charge on any atom is -0.616 e. The van der Waals surface area contributed by atoms with E-state index >= 15 is 0 Å². The third-order valence-corrected chi connectivity index (χ3v) is 6.29. The maximum absolute atomic E-state index is 6.66. The number of fused-ring (bicyclic) bond motifs is 4. The van der Waals surface area contributed by atoms with Crippen LogP contribution in [-0.2, 0) is 0 Å². The molecule has 28 heavy (non-hydrogen) atoms. The van der Waals surface area contributed by atoms with E-state index in [0.717, 1.165) is 42.7 Å². The number of azo groups is 1. The molecular formula is C21H17BBr2N2O2. The van der Waals surface area contributed by atoms with Gasteiger partial charge in [-0.2, -0.15) is 0 Å². The number of hydrogen-bond acceptors (Lipinski definition) is 3. The molecule has 0 aliphatic carbocycles. The number of aryl methyl sites for hydroxylation is 3. The van der Waals surface area contributed by atoms with Crippen LogP contribution in [0.3, 0.4) is 0 Å². The highest BCUT2D eigenvalue weighted by Crippen LogP contribution is 2.47. The number of halogens is 2. The van der Waals surface area contributed by atoms with Crippen LogP contribution in [0.2, 0.25) is 0 Å². The van der Waals surface area contributed by atoms with Gasteiger partial charge < -0.3 is 9.31 Å². The van der Waals surface area contributed by atoms with Gasteiger partial charge in [-0.15, -0.1) is 0 Å². The maximum atomic E-state index is 6.66. The first-order chi connectivity index (χ1) is 13.4. The second-order valence-electron chi connectivity index (χ2n) is 7.39. The molecule has 140 valence electrons. The summed E-state index contributed by atoms with van der Waals surface area (Å²) in [6.07, 6.45) is 0. The van der Waals surface area contributed by atoms with Gasteiger partial charge in [0.1, 0.15) is 11.5 Å². The molecule has 0 saturated heterocycles. The summed E-state index contributed by atoms with van der Waals surface area (Å²) in [5.41, 5.74) is 6.18. The largest absolute Gasteiger partial charge is 0.709 e. The number of rotatable bonds is 1. The summed E-state index contributed by atoms with van der Waals surface area (Å²) in [7, 11) is 0. The van der Waals surface area contributed by atoms with Crippen LogP contribution in [0.15, 0.2) is 62.6 Å². The predicted molar refractivity (Wildman–Crippen MR) is 118 cm³/mol. The number of nitrogens with zero attached hydrogens (tertiary/aromatic N) is 2.